The maximum Gasteiger partial charge on any atom is 0.229 e. The van der Waals surface area contributed by atoms with Crippen LogP contribution in [-0.2, 0) is 4.79 Å². The number of thioether (sulfide) groups is 1. The molecule has 0 spiro atoms. The standard InChI is InChI=1S/C20H23NO3S/c1-20(2,3)19(23)21-15-10-8-14(9-11-15)18(22)13-25-17-7-5-6-16(12-17)24-4/h5-12H,13H2,1-4H3,(H,21,23). The average molecular weight is 357 g/mol. The Kier molecular flexibility index (Phi) is 6.26. The van der Waals surface area contributed by atoms with Gasteiger partial charge >= 0.3 is 0 Å². The van der Waals surface area contributed by atoms with Gasteiger partial charge in [0.05, 0.1) is 12.9 Å². The summed E-state index contributed by atoms with van der Waals surface area (Å²) >= 11 is 1.47. The first kappa shape index (κ1) is 19.1. The third kappa shape index (κ3) is 5.64. The van der Waals surface area contributed by atoms with Gasteiger partial charge in [-0.15, -0.1) is 11.8 Å². The molecule has 0 aliphatic carbocycles. The first-order chi connectivity index (χ1) is 11.8. The molecule has 0 fully saturated rings. The highest BCUT2D eigenvalue weighted by atomic mass is 32.2. The fourth-order valence-corrected chi connectivity index (χ4v) is 2.82. The van der Waals surface area contributed by atoms with Crippen LogP contribution in [0.5, 0.6) is 5.75 Å². The molecule has 2 rings (SSSR count). The fourth-order valence-electron chi connectivity index (χ4n) is 1.98. The van der Waals surface area contributed by atoms with Crippen molar-refractivity contribution in [3.05, 3.63) is 54.1 Å². The molecule has 0 unspecified atom stereocenters. The van der Waals surface area contributed by atoms with Gasteiger partial charge in [0.1, 0.15) is 5.75 Å². The van der Waals surface area contributed by atoms with Gasteiger partial charge in [-0.25, -0.2) is 0 Å². The Hall–Kier alpha value is -2.27. The zero-order valence-corrected chi connectivity index (χ0v) is 15.8. The Morgan fingerprint density at radius 2 is 1.76 bits per heavy atom. The highest BCUT2D eigenvalue weighted by Gasteiger charge is 2.21. The fraction of sp³-hybridized carbons (Fsp3) is 0.300. The van der Waals surface area contributed by atoms with Crippen molar-refractivity contribution in [1.82, 2.24) is 0 Å². The maximum atomic E-state index is 12.3. The van der Waals surface area contributed by atoms with Crippen LogP contribution in [0.2, 0.25) is 0 Å². The molecule has 132 valence electrons. The van der Waals surface area contributed by atoms with Crippen LogP contribution in [0.1, 0.15) is 31.1 Å². The Balaban J connectivity index is 1.95. The number of nitrogens with one attached hydrogen (secondary N) is 1. The molecule has 1 N–H and O–H groups in total. The van der Waals surface area contributed by atoms with Gasteiger partial charge in [-0.1, -0.05) is 26.8 Å². The lowest BCUT2D eigenvalue weighted by atomic mass is 9.95. The van der Waals surface area contributed by atoms with Crippen molar-refractivity contribution in [3.8, 4) is 5.75 Å². The predicted octanol–water partition coefficient (Wildman–Crippen LogP) is 4.65. The SMILES string of the molecule is COc1cccc(SCC(=O)c2ccc(NC(=O)C(C)(C)C)cc2)c1. The Bertz CT molecular complexity index is 748. The second-order valence-corrected chi connectivity index (χ2v) is 7.72. The lowest BCUT2D eigenvalue weighted by Crippen LogP contribution is -2.27. The van der Waals surface area contributed by atoms with E-state index in [2.05, 4.69) is 5.32 Å². The number of carbonyl (C=O) groups excluding carboxylic acids is 2. The molecular weight excluding hydrogens is 334 g/mol. The molecule has 1 amide bonds. The number of anilines is 1. The topological polar surface area (TPSA) is 55.4 Å². The molecule has 2 aromatic carbocycles. The van der Waals surface area contributed by atoms with Crippen LogP contribution in [0, 0.1) is 5.41 Å². The van der Waals surface area contributed by atoms with Gasteiger partial charge in [-0.05, 0) is 42.5 Å². The summed E-state index contributed by atoms with van der Waals surface area (Å²) in [5, 5.41) is 2.85. The second-order valence-electron chi connectivity index (χ2n) is 6.67. The number of carbonyl (C=O) groups is 2. The number of hydrogen-bond donors (Lipinski definition) is 1. The molecule has 0 atom stereocenters. The van der Waals surface area contributed by atoms with Crippen molar-refractivity contribution < 1.29 is 14.3 Å². The molecule has 5 heteroatoms. The number of hydrogen-bond acceptors (Lipinski definition) is 4. The van der Waals surface area contributed by atoms with Crippen LogP contribution in [0.3, 0.4) is 0 Å². The van der Waals surface area contributed by atoms with Crippen molar-refractivity contribution in [3.63, 3.8) is 0 Å². The monoisotopic (exact) mass is 357 g/mol. The summed E-state index contributed by atoms with van der Waals surface area (Å²) < 4.78 is 5.18. The lowest BCUT2D eigenvalue weighted by molar-refractivity contribution is -0.123. The number of ketones is 1. The minimum atomic E-state index is -0.456. The molecule has 0 bridgehead atoms. The zero-order valence-electron chi connectivity index (χ0n) is 15.0. The summed E-state index contributed by atoms with van der Waals surface area (Å²) in [6, 6.07) is 14.6. The molecule has 4 nitrogen and oxygen atoms in total. The number of methoxy groups -OCH3 is 1. The molecule has 0 radical (unpaired) electrons. The lowest BCUT2D eigenvalue weighted by Gasteiger charge is -2.17. The van der Waals surface area contributed by atoms with Gasteiger partial charge < -0.3 is 10.1 Å². The number of rotatable bonds is 6. The summed E-state index contributed by atoms with van der Waals surface area (Å²) in [4.78, 5) is 25.3. The van der Waals surface area contributed by atoms with E-state index >= 15 is 0 Å². The Labute approximate surface area is 153 Å². The van der Waals surface area contributed by atoms with Crippen LogP contribution >= 0.6 is 11.8 Å². The molecule has 25 heavy (non-hydrogen) atoms. The quantitative estimate of drug-likeness (QED) is 0.604. The van der Waals surface area contributed by atoms with E-state index < -0.39 is 5.41 Å². The highest BCUT2D eigenvalue weighted by molar-refractivity contribution is 8.00. The normalized spacial score (nSPS) is 11.0. The molecule has 2 aromatic rings. The van der Waals surface area contributed by atoms with Crippen LogP contribution in [-0.4, -0.2) is 24.6 Å². The first-order valence-corrected chi connectivity index (χ1v) is 9.00. The molecule has 0 aliphatic heterocycles. The molecule has 0 saturated carbocycles. The summed E-state index contributed by atoms with van der Waals surface area (Å²) in [7, 11) is 1.62. The predicted molar refractivity (Wildman–Crippen MR) is 103 cm³/mol. The smallest absolute Gasteiger partial charge is 0.229 e. The largest absolute Gasteiger partial charge is 0.497 e. The van der Waals surface area contributed by atoms with Crippen LogP contribution in [0.4, 0.5) is 5.69 Å². The second kappa shape index (κ2) is 8.21. The number of benzene rings is 2. The van der Waals surface area contributed by atoms with E-state index in [0.717, 1.165) is 10.6 Å². The molecule has 0 aromatic heterocycles. The van der Waals surface area contributed by atoms with Gasteiger partial charge in [-0.2, -0.15) is 0 Å². The van der Waals surface area contributed by atoms with E-state index in [-0.39, 0.29) is 11.7 Å². The van der Waals surface area contributed by atoms with Gasteiger partial charge in [0.25, 0.3) is 0 Å². The van der Waals surface area contributed by atoms with Gasteiger partial charge in [0.15, 0.2) is 5.78 Å². The van der Waals surface area contributed by atoms with Gasteiger partial charge in [0, 0.05) is 21.6 Å². The van der Waals surface area contributed by atoms with Crippen LogP contribution < -0.4 is 10.1 Å². The maximum absolute atomic E-state index is 12.3. The third-order valence-corrected chi connectivity index (χ3v) is 4.55. The van der Waals surface area contributed by atoms with Crippen molar-refractivity contribution in [2.75, 3.05) is 18.2 Å². The van der Waals surface area contributed by atoms with E-state index in [1.54, 1.807) is 31.4 Å². The van der Waals surface area contributed by atoms with Gasteiger partial charge in [0.2, 0.25) is 5.91 Å². The van der Waals surface area contributed by atoms with Crippen molar-refractivity contribution >= 4 is 29.1 Å². The number of Topliss-reactive ketones (excluding diaryl/α,β-unsaturated/α-hetero) is 1. The van der Waals surface area contributed by atoms with Gasteiger partial charge in [-0.3, -0.25) is 9.59 Å². The number of amides is 1. The van der Waals surface area contributed by atoms with E-state index in [4.69, 9.17) is 4.74 Å². The summed E-state index contributed by atoms with van der Waals surface area (Å²) in [5.74, 6) is 1.11. The highest BCUT2D eigenvalue weighted by Crippen LogP contribution is 2.24. The Morgan fingerprint density at radius 3 is 2.36 bits per heavy atom. The van der Waals surface area contributed by atoms with E-state index in [0.29, 0.717) is 17.0 Å². The summed E-state index contributed by atoms with van der Waals surface area (Å²) in [6.07, 6.45) is 0. The van der Waals surface area contributed by atoms with Crippen LogP contribution in [0.15, 0.2) is 53.4 Å². The van der Waals surface area contributed by atoms with E-state index in [1.165, 1.54) is 11.8 Å². The molecule has 0 saturated heterocycles. The van der Waals surface area contributed by atoms with E-state index in [1.807, 2.05) is 45.0 Å². The third-order valence-electron chi connectivity index (χ3n) is 3.56. The van der Waals surface area contributed by atoms with E-state index in [9.17, 15) is 9.59 Å². The van der Waals surface area contributed by atoms with Crippen LogP contribution in [0.25, 0.3) is 0 Å². The zero-order chi connectivity index (χ0) is 18.4. The summed E-state index contributed by atoms with van der Waals surface area (Å²) in [6.45, 7) is 5.57. The Morgan fingerprint density at radius 1 is 1.08 bits per heavy atom. The van der Waals surface area contributed by atoms with Crippen molar-refractivity contribution in [2.45, 2.75) is 25.7 Å². The average Bonchev–Trinajstić information content (AvgIpc) is 2.59. The van der Waals surface area contributed by atoms with Crippen molar-refractivity contribution in [1.29, 1.82) is 0 Å². The molecule has 0 aliphatic rings. The van der Waals surface area contributed by atoms with Crippen molar-refractivity contribution in [2.24, 2.45) is 5.41 Å². The number of ether oxygens (including phenoxy) is 1. The molecular formula is C20H23NO3S. The molecule has 0 heterocycles. The summed E-state index contributed by atoms with van der Waals surface area (Å²) in [5.41, 5.74) is 0.864. The minimum absolute atomic E-state index is 0.0431. The minimum Gasteiger partial charge on any atom is -0.497 e. The first-order valence-electron chi connectivity index (χ1n) is 8.01.